The topological polar surface area (TPSA) is 109 Å². The minimum Gasteiger partial charge on any atom is -0.507 e. The molecule has 0 aliphatic carbocycles. The Morgan fingerprint density at radius 3 is 2.33 bits per heavy atom. The Kier molecular flexibility index (Phi) is 6.67. The van der Waals surface area contributed by atoms with Gasteiger partial charge in [-0.2, -0.15) is 0 Å². The van der Waals surface area contributed by atoms with Crippen molar-refractivity contribution in [3.63, 3.8) is 0 Å². The summed E-state index contributed by atoms with van der Waals surface area (Å²) in [5.74, 6) is -1.24. The zero-order chi connectivity index (χ0) is 27.8. The molecule has 3 heterocycles. The molecule has 2 aromatic heterocycles. The summed E-state index contributed by atoms with van der Waals surface area (Å²) in [4.78, 5) is 35.6. The number of nitrogens with zero attached hydrogens (tertiary/aromatic N) is 6. The van der Waals surface area contributed by atoms with Crippen molar-refractivity contribution in [3.8, 4) is 5.75 Å². The van der Waals surface area contributed by atoms with Crippen LogP contribution in [0.4, 0.5) is 26.0 Å². The highest BCUT2D eigenvalue weighted by atomic mass is 19.1. The fourth-order valence-electron chi connectivity index (χ4n) is 5.08. The lowest BCUT2D eigenvalue weighted by Gasteiger charge is -2.40. The molecule has 1 atom stereocenters. The number of pyridine rings is 2. The van der Waals surface area contributed by atoms with Crippen LogP contribution in [0.5, 0.6) is 5.75 Å². The molecule has 0 saturated carbocycles. The van der Waals surface area contributed by atoms with Crippen molar-refractivity contribution in [1.29, 1.82) is 0 Å². The zero-order valence-corrected chi connectivity index (χ0v) is 20.7. The number of halogens is 2. The maximum absolute atomic E-state index is 13.8. The van der Waals surface area contributed by atoms with Crippen molar-refractivity contribution in [2.24, 2.45) is 7.05 Å². The lowest BCUT2D eigenvalue weighted by Crippen LogP contribution is -2.48. The highest BCUT2D eigenvalue weighted by Gasteiger charge is 2.35. The van der Waals surface area contributed by atoms with Gasteiger partial charge < -0.3 is 19.4 Å². The normalized spacial score (nSPS) is 14.8. The van der Waals surface area contributed by atoms with Crippen LogP contribution in [0, 0.1) is 28.3 Å². The van der Waals surface area contributed by atoms with E-state index in [9.17, 15) is 28.8 Å². The molecule has 4 aromatic rings. The van der Waals surface area contributed by atoms with Crippen molar-refractivity contribution >= 4 is 28.2 Å². The van der Waals surface area contributed by atoms with Gasteiger partial charge >= 0.3 is 11.2 Å². The lowest BCUT2D eigenvalue weighted by molar-refractivity contribution is -0.385. The Hall–Kier alpha value is -4.89. The van der Waals surface area contributed by atoms with E-state index in [4.69, 9.17) is 6.57 Å². The highest BCUT2D eigenvalue weighted by Crippen LogP contribution is 2.38. The predicted molar refractivity (Wildman–Crippen MR) is 140 cm³/mol. The first-order valence-corrected chi connectivity index (χ1v) is 12.0. The van der Waals surface area contributed by atoms with E-state index in [-0.39, 0.29) is 35.9 Å². The van der Waals surface area contributed by atoms with Crippen LogP contribution in [0.25, 0.3) is 15.9 Å². The third-order valence-electron chi connectivity index (χ3n) is 6.94. The smallest absolute Gasteiger partial charge is 0.361 e. The molecule has 0 amide bonds. The van der Waals surface area contributed by atoms with E-state index in [0.717, 1.165) is 10.6 Å². The number of benzene rings is 2. The van der Waals surface area contributed by atoms with Crippen LogP contribution in [-0.2, 0) is 7.05 Å². The number of fused-ring (bicyclic) bond motifs is 1. The third-order valence-corrected chi connectivity index (χ3v) is 6.94. The van der Waals surface area contributed by atoms with E-state index in [1.54, 1.807) is 23.1 Å². The fourth-order valence-corrected chi connectivity index (χ4v) is 5.08. The molecule has 0 radical (unpaired) electrons. The van der Waals surface area contributed by atoms with Crippen molar-refractivity contribution in [1.82, 2.24) is 14.5 Å². The summed E-state index contributed by atoms with van der Waals surface area (Å²) in [6, 6.07) is 11.9. The molecule has 1 aliphatic rings. The first-order valence-electron chi connectivity index (χ1n) is 12.0. The van der Waals surface area contributed by atoms with Gasteiger partial charge in [-0.25, -0.2) is 8.78 Å². The average Bonchev–Trinajstić information content (AvgIpc) is 2.92. The number of piperazine rings is 1. The molecule has 12 heteroatoms. The van der Waals surface area contributed by atoms with Crippen molar-refractivity contribution in [3.05, 3.63) is 109 Å². The van der Waals surface area contributed by atoms with Gasteiger partial charge in [-0.15, -0.1) is 4.98 Å². The van der Waals surface area contributed by atoms with Gasteiger partial charge in [-0.3, -0.25) is 19.8 Å². The minimum atomic E-state index is -0.789. The van der Waals surface area contributed by atoms with Crippen LogP contribution in [0.2, 0.25) is 0 Å². The summed E-state index contributed by atoms with van der Waals surface area (Å²) in [5, 5.41) is 22.6. The standard InChI is InChI=1S/C27H22F2N6O4/c1-30-22-10-9-20-23(31-22)25(26(35(38)39)27(37)32(20)2)34-13-11-33(12-14-34)24(16-3-5-17(28)6-4-16)19-8-7-18(29)15-21(19)36/h3-10,15,24,36H,11-14H2,2H3. The molecule has 2 aromatic carbocycles. The number of anilines is 1. The average molecular weight is 533 g/mol. The van der Waals surface area contributed by atoms with E-state index in [0.29, 0.717) is 29.7 Å². The number of hydrogen-bond donors (Lipinski definition) is 1. The van der Waals surface area contributed by atoms with Crippen LogP contribution in [0.1, 0.15) is 17.2 Å². The van der Waals surface area contributed by atoms with Gasteiger partial charge in [-0.05, 0) is 35.9 Å². The number of phenols is 1. The second-order valence-electron chi connectivity index (χ2n) is 9.15. The van der Waals surface area contributed by atoms with Gasteiger partial charge in [0.05, 0.1) is 16.5 Å². The first kappa shape index (κ1) is 25.7. The second-order valence-corrected chi connectivity index (χ2v) is 9.15. The Bertz CT molecular complexity index is 1690. The van der Waals surface area contributed by atoms with Gasteiger partial charge in [-0.1, -0.05) is 24.8 Å². The predicted octanol–water partition coefficient (Wildman–Crippen LogP) is 4.29. The van der Waals surface area contributed by atoms with Crippen LogP contribution >= 0.6 is 0 Å². The molecule has 5 rings (SSSR count). The van der Waals surface area contributed by atoms with Crippen molar-refractivity contribution < 1.29 is 18.8 Å². The Morgan fingerprint density at radius 1 is 1.05 bits per heavy atom. The Balaban J connectivity index is 1.56. The molecule has 0 bridgehead atoms. The summed E-state index contributed by atoms with van der Waals surface area (Å²) in [5.41, 5.74) is 0.256. The molecular formula is C27H22F2N6O4. The SMILES string of the molecule is [C-]#[N+]c1ccc2c(n1)c(N1CCN(C(c3ccc(F)cc3)c3ccc(F)cc3O)CC1)c([N+](=O)[O-])c(=O)n2C. The Labute approximate surface area is 220 Å². The maximum atomic E-state index is 13.8. The number of aromatic hydroxyl groups is 1. The Morgan fingerprint density at radius 2 is 1.72 bits per heavy atom. The number of aryl methyl sites for hydroxylation is 1. The molecule has 1 saturated heterocycles. The summed E-state index contributed by atoms with van der Waals surface area (Å²) in [6.45, 7) is 8.46. The number of rotatable bonds is 5. The zero-order valence-electron chi connectivity index (χ0n) is 20.7. The van der Waals surface area contributed by atoms with Crippen LogP contribution < -0.4 is 10.5 Å². The van der Waals surface area contributed by atoms with Crippen LogP contribution in [0.15, 0.2) is 59.4 Å². The van der Waals surface area contributed by atoms with Gasteiger partial charge in [0.15, 0.2) is 5.69 Å². The van der Waals surface area contributed by atoms with Gasteiger partial charge in [0.1, 0.15) is 17.4 Å². The fraction of sp³-hybridized carbons (Fsp3) is 0.222. The summed E-state index contributed by atoms with van der Waals surface area (Å²) in [6.07, 6.45) is 0. The molecule has 10 nitrogen and oxygen atoms in total. The molecule has 1 fully saturated rings. The monoisotopic (exact) mass is 532 g/mol. The van der Waals surface area contributed by atoms with E-state index < -0.39 is 33.8 Å². The summed E-state index contributed by atoms with van der Waals surface area (Å²) < 4.78 is 28.6. The van der Waals surface area contributed by atoms with Gasteiger partial charge in [0.2, 0.25) is 5.52 Å². The highest BCUT2D eigenvalue weighted by molar-refractivity contribution is 5.94. The van der Waals surface area contributed by atoms with Crippen molar-refractivity contribution in [2.45, 2.75) is 6.04 Å². The first-order chi connectivity index (χ1) is 18.7. The summed E-state index contributed by atoms with van der Waals surface area (Å²) >= 11 is 0. The quantitative estimate of drug-likeness (QED) is 0.232. The molecule has 198 valence electrons. The van der Waals surface area contributed by atoms with E-state index in [2.05, 4.69) is 9.83 Å². The van der Waals surface area contributed by atoms with Gasteiger partial charge in [0.25, 0.3) is 5.82 Å². The molecule has 0 spiro atoms. The van der Waals surface area contributed by atoms with Crippen molar-refractivity contribution in [2.75, 3.05) is 31.1 Å². The number of phenolic OH excluding ortho intramolecular Hbond substituents is 1. The largest absolute Gasteiger partial charge is 0.507 e. The van der Waals surface area contributed by atoms with E-state index in [1.807, 2.05) is 4.90 Å². The van der Waals surface area contributed by atoms with Crippen LogP contribution in [0.3, 0.4) is 0 Å². The number of nitro groups is 1. The number of hydrogen-bond acceptors (Lipinski definition) is 7. The molecule has 1 unspecified atom stereocenters. The molecular weight excluding hydrogens is 510 g/mol. The lowest BCUT2D eigenvalue weighted by atomic mass is 9.95. The second kappa shape index (κ2) is 10.1. The summed E-state index contributed by atoms with van der Waals surface area (Å²) in [7, 11) is 1.42. The van der Waals surface area contributed by atoms with E-state index >= 15 is 0 Å². The molecule has 1 N–H and O–H groups in total. The number of aromatic nitrogens is 2. The molecule has 1 aliphatic heterocycles. The van der Waals surface area contributed by atoms with E-state index in [1.165, 1.54) is 37.4 Å². The minimum absolute atomic E-state index is 0.0403. The molecule has 39 heavy (non-hydrogen) atoms. The maximum Gasteiger partial charge on any atom is 0.361 e. The third kappa shape index (κ3) is 4.64. The van der Waals surface area contributed by atoms with Gasteiger partial charge in [0, 0.05) is 44.9 Å². The van der Waals surface area contributed by atoms with Crippen LogP contribution in [-0.4, -0.2) is 50.7 Å².